The molecule has 0 spiro atoms. The van der Waals surface area contributed by atoms with E-state index in [-0.39, 0.29) is 11.8 Å². The van der Waals surface area contributed by atoms with Gasteiger partial charge in [-0.3, -0.25) is 9.59 Å². The molecule has 4 heteroatoms. The zero-order valence-corrected chi connectivity index (χ0v) is 14.5. The van der Waals surface area contributed by atoms with Crippen molar-refractivity contribution >= 4 is 17.5 Å². The maximum Gasteiger partial charge on any atom is 0.251 e. The van der Waals surface area contributed by atoms with E-state index in [9.17, 15) is 9.59 Å². The van der Waals surface area contributed by atoms with Gasteiger partial charge in [0.05, 0.1) is 0 Å². The highest BCUT2D eigenvalue weighted by molar-refractivity contribution is 5.97. The molecule has 1 aliphatic rings. The van der Waals surface area contributed by atoms with Crippen LogP contribution in [0.15, 0.2) is 48.5 Å². The van der Waals surface area contributed by atoms with Gasteiger partial charge in [-0.25, -0.2) is 0 Å². The van der Waals surface area contributed by atoms with E-state index in [0.29, 0.717) is 30.1 Å². The molecular weight excluding hydrogens is 312 g/mol. The minimum absolute atomic E-state index is 0.0423. The van der Waals surface area contributed by atoms with Crippen LogP contribution in [0.2, 0.25) is 0 Å². The van der Waals surface area contributed by atoms with E-state index in [1.165, 1.54) is 5.56 Å². The highest BCUT2D eigenvalue weighted by Crippen LogP contribution is 2.20. The van der Waals surface area contributed by atoms with Gasteiger partial charge in [0.25, 0.3) is 5.91 Å². The topological polar surface area (TPSA) is 58.2 Å². The van der Waals surface area contributed by atoms with Crippen molar-refractivity contribution in [1.29, 1.82) is 0 Å². The van der Waals surface area contributed by atoms with Crippen LogP contribution in [-0.4, -0.2) is 17.9 Å². The van der Waals surface area contributed by atoms with Crippen molar-refractivity contribution in [3.63, 3.8) is 0 Å². The minimum atomic E-state index is -0.0744. The molecule has 3 rings (SSSR count). The van der Waals surface area contributed by atoms with Gasteiger partial charge in [-0.2, -0.15) is 0 Å². The molecule has 130 valence electrons. The fourth-order valence-corrected chi connectivity index (χ4v) is 2.66. The second-order valence-corrected chi connectivity index (χ2v) is 6.55. The molecule has 0 atom stereocenters. The predicted molar refractivity (Wildman–Crippen MR) is 99.7 cm³/mol. The molecule has 1 fully saturated rings. The molecule has 2 aromatic rings. The molecule has 0 unspecified atom stereocenters. The van der Waals surface area contributed by atoms with Crippen LogP contribution in [0.1, 0.15) is 47.7 Å². The van der Waals surface area contributed by atoms with E-state index in [2.05, 4.69) is 41.8 Å². The van der Waals surface area contributed by atoms with Gasteiger partial charge < -0.3 is 10.6 Å². The van der Waals surface area contributed by atoms with Crippen LogP contribution < -0.4 is 10.6 Å². The van der Waals surface area contributed by atoms with E-state index in [4.69, 9.17) is 0 Å². The molecule has 0 aliphatic heterocycles. The van der Waals surface area contributed by atoms with E-state index < -0.39 is 0 Å². The van der Waals surface area contributed by atoms with E-state index in [0.717, 1.165) is 24.8 Å². The van der Waals surface area contributed by atoms with Gasteiger partial charge in [0.15, 0.2) is 0 Å². The summed E-state index contributed by atoms with van der Waals surface area (Å²) in [5.41, 5.74) is 3.70. The summed E-state index contributed by atoms with van der Waals surface area (Å²) in [4.78, 5) is 24.2. The molecule has 1 aliphatic carbocycles. The van der Waals surface area contributed by atoms with E-state index in [1.807, 2.05) is 6.07 Å². The zero-order chi connectivity index (χ0) is 17.6. The standard InChI is InChI=1S/C21H24N2O2/c1-2-15-6-8-16(9-7-15)10-13-20(24)22-19-5-3-4-17(14-19)21(25)23-18-11-12-18/h3-9,14,18H,2,10-13H2,1H3,(H,22,24)(H,23,25). The Hall–Kier alpha value is -2.62. The number of anilines is 1. The van der Waals surface area contributed by atoms with Crippen LogP contribution in [0.3, 0.4) is 0 Å². The third-order valence-electron chi connectivity index (χ3n) is 4.39. The molecule has 25 heavy (non-hydrogen) atoms. The second kappa shape index (κ2) is 7.97. The molecule has 0 saturated heterocycles. The van der Waals surface area contributed by atoms with Gasteiger partial charge in [0, 0.05) is 23.7 Å². The Balaban J connectivity index is 1.52. The smallest absolute Gasteiger partial charge is 0.251 e. The quantitative estimate of drug-likeness (QED) is 0.810. The molecule has 2 amide bonds. The molecule has 0 heterocycles. The average molecular weight is 336 g/mol. The van der Waals surface area contributed by atoms with Gasteiger partial charge in [0.1, 0.15) is 0 Å². The lowest BCUT2D eigenvalue weighted by molar-refractivity contribution is -0.116. The van der Waals surface area contributed by atoms with Crippen molar-refractivity contribution < 1.29 is 9.59 Å². The average Bonchev–Trinajstić information content (AvgIpc) is 3.44. The molecule has 0 radical (unpaired) electrons. The summed E-state index contributed by atoms with van der Waals surface area (Å²) in [6, 6.07) is 15.8. The van der Waals surface area contributed by atoms with Crippen molar-refractivity contribution in [1.82, 2.24) is 5.32 Å². The monoisotopic (exact) mass is 336 g/mol. The fourth-order valence-electron chi connectivity index (χ4n) is 2.66. The molecule has 4 nitrogen and oxygen atoms in total. The maximum atomic E-state index is 12.2. The highest BCUT2D eigenvalue weighted by Gasteiger charge is 2.23. The first-order chi connectivity index (χ1) is 12.1. The van der Waals surface area contributed by atoms with Crippen molar-refractivity contribution in [3.8, 4) is 0 Å². The minimum Gasteiger partial charge on any atom is -0.349 e. The first-order valence-electron chi connectivity index (χ1n) is 8.92. The van der Waals surface area contributed by atoms with Crippen molar-refractivity contribution in [3.05, 3.63) is 65.2 Å². The van der Waals surface area contributed by atoms with Crippen LogP contribution in [0.25, 0.3) is 0 Å². The predicted octanol–water partition coefficient (Wildman–Crippen LogP) is 3.71. The number of hydrogen-bond acceptors (Lipinski definition) is 2. The second-order valence-electron chi connectivity index (χ2n) is 6.55. The SMILES string of the molecule is CCc1ccc(CCC(=O)Nc2cccc(C(=O)NC3CC3)c2)cc1. The van der Waals surface area contributed by atoms with Crippen LogP contribution >= 0.6 is 0 Å². The van der Waals surface area contributed by atoms with Crippen molar-refractivity contribution in [2.24, 2.45) is 0 Å². The molecule has 2 N–H and O–H groups in total. The normalized spacial score (nSPS) is 13.3. The number of rotatable bonds is 7. The summed E-state index contributed by atoms with van der Waals surface area (Å²) >= 11 is 0. The number of carbonyl (C=O) groups excluding carboxylic acids is 2. The van der Waals surface area contributed by atoms with Crippen LogP contribution in [0.5, 0.6) is 0 Å². The number of nitrogens with one attached hydrogen (secondary N) is 2. The van der Waals surface area contributed by atoms with Gasteiger partial charge in [-0.05, 0) is 55.0 Å². The molecule has 1 saturated carbocycles. The Morgan fingerprint density at radius 1 is 1.04 bits per heavy atom. The lowest BCUT2D eigenvalue weighted by atomic mass is 10.1. The molecular formula is C21H24N2O2. The van der Waals surface area contributed by atoms with Crippen LogP contribution in [-0.2, 0) is 17.6 Å². The van der Waals surface area contributed by atoms with E-state index in [1.54, 1.807) is 18.2 Å². The van der Waals surface area contributed by atoms with Crippen molar-refractivity contribution in [2.75, 3.05) is 5.32 Å². The van der Waals surface area contributed by atoms with Gasteiger partial charge in [-0.1, -0.05) is 37.3 Å². The Labute approximate surface area is 148 Å². The summed E-state index contributed by atoms with van der Waals surface area (Å²) in [7, 11) is 0. The first-order valence-corrected chi connectivity index (χ1v) is 8.92. The summed E-state index contributed by atoms with van der Waals surface area (Å²) in [6.45, 7) is 2.13. The maximum absolute atomic E-state index is 12.2. The lowest BCUT2D eigenvalue weighted by Gasteiger charge is -2.08. The zero-order valence-electron chi connectivity index (χ0n) is 14.5. The Morgan fingerprint density at radius 2 is 1.76 bits per heavy atom. The Morgan fingerprint density at radius 3 is 2.44 bits per heavy atom. The number of hydrogen-bond donors (Lipinski definition) is 2. The highest BCUT2D eigenvalue weighted by atomic mass is 16.2. The van der Waals surface area contributed by atoms with Gasteiger partial charge in [0.2, 0.25) is 5.91 Å². The molecule has 0 aromatic heterocycles. The third kappa shape index (κ3) is 5.18. The fraction of sp³-hybridized carbons (Fsp3) is 0.333. The molecule has 0 bridgehead atoms. The number of amides is 2. The number of carbonyl (C=O) groups is 2. The van der Waals surface area contributed by atoms with Gasteiger partial charge in [-0.15, -0.1) is 0 Å². The Kier molecular flexibility index (Phi) is 5.49. The summed E-state index contributed by atoms with van der Waals surface area (Å²) in [5.74, 6) is -0.117. The number of benzene rings is 2. The van der Waals surface area contributed by atoms with Crippen molar-refractivity contribution in [2.45, 2.75) is 45.1 Å². The van der Waals surface area contributed by atoms with E-state index >= 15 is 0 Å². The third-order valence-corrected chi connectivity index (χ3v) is 4.39. The summed E-state index contributed by atoms with van der Waals surface area (Å²) < 4.78 is 0. The first kappa shape index (κ1) is 17.2. The van der Waals surface area contributed by atoms with Gasteiger partial charge >= 0.3 is 0 Å². The summed E-state index contributed by atoms with van der Waals surface area (Å²) in [5, 5.41) is 5.84. The summed E-state index contributed by atoms with van der Waals surface area (Å²) in [6.07, 6.45) is 4.26. The largest absolute Gasteiger partial charge is 0.349 e. The van der Waals surface area contributed by atoms with Crippen LogP contribution in [0.4, 0.5) is 5.69 Å². The molecule has 2 aromatic carbocycles. The number of aryl methyl sites for hydroxylation is 2. The Bertz CT molecular complexity index is 749. The lowest BCUT2D eigenvalue weighted by Crippen LogP contribution is -2.25. The van der Waals surface area contributed by atoms with Crippen LogP contribution in [0, 0.1) is 0 Å².